The molecule has 0 spiro atoms. The summed E-state index contributed by atoms with van der Waals surface area (Å²) in [4.78, 5) is 0. The van der Waals surface area contributed by atoms with Gasteiger partial charge in [0.05, 0.1) is 45.5 Å². The zero-order valence-corrected chi connectivity index (χ0v) is 11.3. The minimum Gasteiger partial charge on any atom is -0.397 e. The number of nitrogens with two attached hydrogens (primary N) is 8. The third-order valence-electron chi connectivity index (χ3n) is 4.14. The molecule has 0 fully saturated rings. The molecule has 3 rings (SSSR count). The van der Waals surface area contributed by atoms with E-state index in [0.717, 1.165) is 11.1 Å². The first-order chi connectivity index (χ1) is 9.77. The summed E-state index contributed by atoms with van der Waals surface area (Å²) in [6.45, 7) is 0. The number of fused-ring (bicyclic) bond motifs is 3. The molecule has 8 nitrogen and oxygen atoms in total. The van der Waals surface area contributed by atoms with E-state index >= 15 is 0 Å². The maximum atomic E-state index is 6.10. The summed E-state index contributed by atoms with van der Waals surface area (Å²) >= 11 is 0. The molecule has 0 atom stereocenters. The van der Waals surface area contributed by atoms with Gasteiger partial charge in [-0.1, -0.05) is 0 Å². The van der Waals surface area contributed by atoms with Crippen LogP contribution in [0.2, 0.25) is 0 Å². The Labute approximate surface area is 121 Å². The fourth-order valence-corrected chi connectivity index (χ4v) is 2.88. The van der Waals surface area contributed by atoms with Crippen LogP contribution in [0, 0.1) is 0 Å². The van der Waals surface area contributed by atoms with E-state index in [1.54, 1.807) is 0 Å². The van der Waals surface area contributed by atoms with Crippen molar-refractivity contribution < 1.29 is 0 Å². The lowest BCUT2D eigenvalue weighted by Crippen LogP contribution is -2.08. The van der Waals surface area contributed by atoms with Gasteiger partial charge in [-0.15, -0.1) is 0 Å². The highest BCUT2D eigenvalue weighted by Crippen LogP contribution is 2.54. The summed E-state index contributed by atoms with van der Waals surface area (Å²) < 4.78 is 0. The van der Waals surface area contributed by atoms with Crippen LogP contribution in [-0.4, -0.2) is 0 Å². The predicted molar refractivity (Wildman–Crippen MR) is 90.0 cm³/mol. The van der Waals surface area contributed by atoms with Crippen LogP contribution >= 0.6 is 0 Å². The number of anilines is 8. The van der Waals surface area contributed by atoms with Crippen molar-refractivity contribution in [2.45, 2.75) is 6.42 Å². The van der Waals surface area contributed by atoms with Gasteiger partial charge in [0.25, 0.3) is 0 Å². The Morgan fingerprint density at radius 3 is 1.00 bits per heavy atom. The van der Waals surface area contributed by atoms with Crippen LogP contribution < -0.4 is 45.9 Å². The normalized spacial score (nSPS) is 12.2. The molecule has 8 heteroatoms. The molecule has 0 amide bonds. The zero-order valence-electron chi connectivity index (χ0n) is 11.3. The molecule has 0 aromatic heterocycles. The number of nitrogen functional groups attached to an aromatic ring is 8. The van der Waals surface area contributed by atoms with Crippen LogP contribution in [0.1, 0.15) is 11.1 Å². The highest BCUT2D eigenvalue weighted by Gasteiger charge is 2.32. The van der Waals surface area contributed by atoms with Crippen LogP contribution in [0.15, 0.2) is 0 Å². The minimum atomic E-state index is 0.229. The van der Waals surface area contributed by atoms with Gasteiger partial charge in [0.2, 0.25) is 0 Å². The number of hydrogen-bond donors (Lipinski definition) is 8. The Hall–Kier alpha value is -3.16. The summed E-state index contributed by atoms with van der Waals surface area (Å²) in [6, 6.07) is 0. The number of benzene rings is 2. The van der Waals surface area contributed by atoms with Gasteiger partial charge in [-0.2, -0.15) is 0 Å². The molecule has 0 heterocycles. The van der Waals surface area contributed by atoms with Crippen molar-refractivity contribution in [1.82, 2.24) is 0 Å². The maximum absolute atomic E-state index is 6.10. The van der Waals surface area contributed by atoms with Gasteiger partial charge in [-0.25, -0.2) is 0 Å². The molecule has 0 bridgehead atoms. The molecule has 2 aromatic rings. The highest BCUT2D eigenvalue weighted by molar-refractivity contribution is 6.10. The van der Waals surface area contributed by atoms with E-state index < -0.39 is 0 Å². The summed E-state index contributed by atoms with van der Waals surface area (Å²) in [6.07, 6.45) is 0.436. The monoisotopic (exact) mass is 286 g/mol. The van der Waals surface area contributed by atoms with Crippen LogP contribution in [0.5, 0.6) is 0 Å². The third-order valence-corrected chi connectivity index (χ3v) is 4.14. The standard InChI is InChI=1S/C13H18N8/c14-6-2-1-3-5(4(2)8(16)12(20)10(6)18)9(17)13(21)11(19)7(3)15/h1,14-21H2. The lowest BCUT2D eigenvalue weighted by molar-refractivity contribution is 1.27. The van der Waals surface area contributed by atoms with Gasteiger partial charge in [0, 0.05) is 17.5 Å². The molecule has 16 N–H and O–H groups in total. The van der Waals surface area contributed by atoms with Gasteiger partial charge in [-0.05, 0) is 11.1 Å². The van der Waals surface area contributed by atoms with Crippen LogP contribution in [0.3, 0.4) is 0 Å². The smallest absolute Gasteiger partial charge is 0.0809 e. The number of rotatable bonds is 0. The average Bonchev–Trinajstić information content (AvgIpc) is 2.87. The van der Waals surface area contributed by atoms with Crippen LogP contribution in [-0.2, 0) is 6.42 Å². The summed E-state index contributed by atoms with van der Waals surface area (Å²) in [5.41, 5.74) is 53.1. The van der Waals surface area contributed by atoms with Crippen LogP contribution in [0.25, 0.3) is 11.1 Å². The van der Waals surface area contributed by atoms with Crippen molar-refractivity contribution in [3.05, 3.63) is 11.1 Å². The summed E-state index contributed by atoms with van der Waals surface area (Å²) in [7, 11) is 0. The summed E-state index contributed by atoms with van der Waals surface area (Å²) in [5.74, 6) is 0. The van der Waals surface area contributed by atoms with Crippen molar-refractivity contribution in [2.75, 3.05) is 45.9 Å². The molecule has 0 aliphatic heterocycles. The second-order valence-electron chi connectivity index (χ2n) is 5.19. The van der Waals surface area contributed by atoms with Crippen molar-refractivity contribution >= 4 is 45.5 Å². The van der Waals surface area contributed by atoms with Gasteiger partial charge in [0.1, 0.15) is 0 Å². The molecule has 110 valence electrons. The zero-order chi connectivity index (χ0) is 15.6. The molecule has 1 aliphatic carbocycles. The quantitative estimate of drug-likeness (QED) is 0.261. The van der Waals surface area contributed by atoms with E-state index in [1.807, 2.05) is 0 Å². The topological polar surface area (TPSA) is 208 Å². The predicted octanol–water partition coefficient (Wildman–Crippen LogP) is -0.0846. The lowest BCUT2D eigenvalue weighted by atomic mass is 9.97. The maximum Gasteiger partial charge on any atom is 0.0809 e. The molecule has 1 aliphatic rings. The number of hydrogen-bond acceptors (Lipinski definition) is 8. The minimum absolute atomic E-state index is 0.229. The Morgan fingerprint density at radius 1 is 0.381 bits per heavy atom. The molecule has 0 unspecified atom stereocenters. The lowest BCUT2D eigenvalue weighted by Gasteiger charge is -2.17. The Kier molecular flexibility index (Phi) is 2.26. The molecule has 0 saturated heterocycles. The van der Waals surface area contributed by atoms with E-state index in [-0.39, 0.29) is 22.7 Å². The second-order valence-corrected chi connectivity index (χ2v) is 5.19. The Balaban J connectivity index is 2.49. The third kappa shape index (κ3) is 1.33. The molecule has 21 heavy (non-hydrogen) atoms. The molecule has 0 radical (unpaired) electrons. The Morgan fingerprint density at radius 2 is 0.667 bits per heavy atom. The fourth-order valence-electron chi connectivity index (χ4n) is 2.88. The van der Waals surface area contributed by atoms with Gasteiger partial charge in [-0.3, -0.25) is 0 Å². The second kappa shape index (κ2) is 3.69. The largest absolute Gasteiger partial charge is 0.397 e. The van der Waals surface area contributed by atoms with Crippen LogP contribution in [0.4, 0.5) is 45.5 Å². The van der Waals surface area contributed by atoms with Gasteiger partial charge >= 0.3 is 0 Å². The Bertz CT molecular complexity index is 742. The first-order valence-corrected chi connectivity index (χ1v) is 6.27. The van der Waals surface area contributed by atoms with E-state index in [9.17, 15) is 0 Å². The van der Waals surface area contributed by atoms with Crippen molar-refractivity contribution in [2.24, 2.45) is 0 Å². The summed E-state index contributed by atoms with van der Waals surface area (Å²) in [5, 5.41) is 0. The van der Waals surface area contributed by atoms with Gasteiger partial charge < -0.3 is 45.9 Å². The van der Waals surface area contributed by atoms with Crippen molar-refractivity contribution in [3.63, 3.8) is 0 Å². The van der Waals surface area contributed by atoms with E-state index in [2.05, 4.69) is 0 Å². The van der Waals surface area contributed by atoms with Crippen molar-refractivity contribution in [1.29, 1.82) is 0 Å². The van der Waals surface area contributed by atoms with E-state index in [4.69, 9.17) is 45.9 Å². The SMILES string of the molecule is Nc1c(N)c(N)c2c(c1N)Cc1c(N)c(N)c(N)c(N)c1-2. The van der Waals surface area contributed by atoms with E-state index in [0.29, 0.717) is 40.3 Å². The molecule has 2 aromatic carbocycles. The first kappa shape index (κ1) is 12.9. The molecule has 0 saturated carbocycles. The van der Waals surface area contributed by atoms with Gasteiger partial charge in [0.15, 0.2) is 0 Å². The van der Waals surface area contributed by atoms with E-state index in [1.165, 1.54) is 0 Å². The van der Waals surface area contributed by atoms with Crippen molar-refractivity contribution in [3.8, 4) is 11.1 Å². The molecular weight excluding hydrogens is 268 g/mol. The average molecular weight is 286 g/mol. The molecular formula is C13H18N8. The highest BCUT2D eigenvalue weighted by atomic mass is 14.8. The first-order valence-electron chi connectivity index (χ1n) is 6.27. The fraction of sp³-hybridized carbons (Fsp3) is 0.0769.